The molecule has 4 heteroatoms. The Labute approximate surface area is 256 Å². The first-order valence-corrected chi connectivity index (χ1v) is 20.3. The molecule has 1 atom stereocenters. The molecular weight excluding hydrogens is 523 g/mol. The molecule has 3 N–H and O–H groups in total. The van der Waals surface area contributed by atoms with Gasteiger partial charge in [0.2, 0.25) is 0 Å². The number of hydrogen-bond acceptors (Lipinski definition) is 3. The molecule has 41 heavy (non-hydrogen) atoms. The smallest absolute Gasteiger partial charge is 0.0620 e. The van der Waals surface area contributed by atoms with Crippen LogP contribution in [0.15, 0.2) is 24.3 Å². The Hall–Kier alpha value is -0.470. The van der Waals surface area contributed by atoms with Crippen LogP contribution in [0.4, 0.5) is 0 Å². The summed E-state index contributed by atoms with van der Waals surface area (Å²) in [5.41, 5.74) is 3.23. The Bertz CT molecular complexity index is 761. The second kappa shape index (κ2) is 21.3. The van der Waals surface area contributed by atoms with Gasteiger partial charge in [-0.15, -0.1) is 0 Å². The molecule has 0 bridgehead atoms. The van der Waals surface area contributed by atoms with Crippen molar-refractivity contribution in [2.24, 2.45) is 0 Å². The third-order valence-electron chi connectivity index (χ3n) is 9.02. The van der Waals surface area contributed by atoms with E-state index < -0.39 is 7.28 Å². The Kier molecular flexibility index (Phi) is 20.0. The first kappa shape index (κ1) is 38.6. The van der Waals surface area contributed by atoms with Gasteiger partial charge in [0.25, 0.3) is 0 Å². The van der Waals surface area contributed by atoms with E-state index in [4.69, 9.17) is 0 Å². The van der Waals surface area contributed by atoms with Gasteiger partial charge >= 0.3 is 176 Å². The van der Waals surface area contributed by atoms with Crippen LogP contribution in [0.3, 0.4) is 0 Å². The molecule has 1 unspecified atom stereocenters. The first-order valence-electron chi connectivity index (χ1n) is 17.8. The summed E-state index contributed by atoms with van der Waals surface area (Å²) < 4.78 is 0. The van der Waals surface area contributed by atoms with E-state index >= 15 is 0 Å². The van der Waals surface area contributed by atoms with Crippen LogP contribution < -0.4 is 0 Å². The maximum atomic E-state index is 10.5. The van der Waals surface area contributed by atoms with Gasteiger partial charge in [0.1, 0.15) is 0 Å². The summed E-state index contributed by atoms with van der Waals surface area (Å²) >= 11 is 0. The maximum absolute atomic E-state index is 10.5. The fourth-order valence-electron chi connectivity index (χ4n) is 6.28. The van der Waals surface area contributed by atoms with E-state index in [0.717, 1.165) is 38.5 Å². The number of rotatable bonds is 26. The van der Waals surface area contributed by atoms with Crippen molar-refractivity contribution < 1.29 is 14.7 Å². The van der Waals surface area contributed by atoms with Crippen molar-refractivity contribution in [2.75, 3.05) is 12.3 Å². The molecule has 0 spiro atoms. The SMILES string of the molecule is CCCCCCCCCCCCCP(O)(O)(O)CCCCCCCCCCCCC(C)c1ccccc1C(C)(C)C. The van der Waals surface area contributed by atoms with E-state index in [-0.39, 0.29) is 17.7 Å². The van der Waals surface area contributed by atoms with Crippen molar-refractivity contribution in [1.29, 1.82) is 0 Å². The molecule has 1 aromatic rings. The van der Waals surface area contributed by atoms with Gasteiger partial charge in [0, 0.05) is 0 Å². The predicted octanol–water partition coefficient (Wildman–Crippen LogP) is 12.0. The van der Waals surface area contributed by atoms with Gasteiger partial charge in [-0.2, -0.15) is 0 Å². The minimum absolute atomic E-state index is 0.196. The standard InChI is InChI=1S/C37H71O3P/c1-6-7-8-9-10-11-13-16-19-22-27-32-41(38,39,40)33-28-23-20-17-14-12-15-18-21-24-29-34(2)35-30-25-26-31-36(35)37(3,4)5/h25-26,30-31,34,38-40H,6-24,27-29,32-33H2,1-5H3. The zero-order valence-electron chi connectivity index (χ0n) is 28.1. The van der Waals surface area contributed by atoms with Crippen LogP contribution in [0, 0.1) is 0 Å². The normalized spacial score (nSPS) is 14.2. The molecule has 0 heterocycles. The fraction of sp³-hybridized carbons (Fsp3) is 0.838. The van der Waals surface area contributed by atoms with E-state index in [9.17, 15) is 14.7 Å². The van der Waals surface area contributed by atoms with Crippen molar-refractivity contribution in [3.63, 3.8) is 0 Å². The van der Waals surface area contributed by atoms with Crippen LogP contribution in [0.1, 0.15) is 193 Å². The molecular formula is C37H71O3P. The summed E-state index contributed by atoms with van der Waals surface area (Å²) in [4.78, 5) is 31.4. The molecule has 0 saturated carbocycles. The average Bonchev–Trinajstić information content (AvgIpc) is 2.91. The molecule has 0 aromatic heterocycles. The summed E-state index contributed by atoms with van der Waals surface area (Å²) in [7, 11) is -4.41. The van der Waals surface area contributed by atoms with Crippen LogP contribution in [0.5, 0.6) is 0 Å². The number of unbranched alkanes of at least 4 members (excludes halogenated alkanes) is 19. The van der Waals surface area contributed by atoms with Crippen LogP contribution in [-0.2, 0) is 5.41 Å². The van der Waals surface area contributed by atoms with Crippen molar-refractivity contribution in [2.45, 2.75) is 187 Å². The van der Waals surface area contributed by atoms with Gasteiger partial charge in [-0.05, 0) is 22.5 Å². The third kappa shape index (κ3) is 20.2. The molecule has 1 rings (SSSR count). The van der Waals surface area contributed by atoms with E-state index in [1.165, 1.54) is 114 Å². The number of benzene rings is 1. The second-order valence-electron chi connectivity index (χ2n) is 14.4. The molecule has 1 aromatic carbocycles. The molecule has 0 aliphatic heterocycles. The van der Waals surface area contributed by atoms with Crippen LogP contribution in [-0.4, -0.2) is 27.0 Å². The zero-order chi connectivity index (χ0) is 30.5. The second-order valence-corrected chi connectivity index (χ2v) is 18.0. The summed E-state index contributed by atoms with van der Waals surface area (Å²) in [6.45, 7) is 11.6. The summed E-state index contributed by atoms with van der Waals surface area (Å²) in [5.74, 6) is 0.627. The Morgan fingerprint density at radius 1 is 0.561 bits per heavy atom. The molecule has 3 nitrogen and oxygen atoms in total. The molecule has 0 saturated heterocycles. The zero-order valence-corrected chi connectivity index (χ0v) is 29.0. The van der Waals surface area contributed by atoms with Gasteiger partial charge in [-0.1, -0.05) is 58.9 Å². The number of hydrogen-bond donors (Lipinski definition) is 3. The quantitative estimate of drug-likeness (QED) is 0.0738. The van der Waals surface area contributed by atoms with Gasteiger partial charge in [-0.3, -0.25) is 0 Å². The van der Waals surface area contributed by atoms with E-state index in [0.29, 0.717) is 5.92 Å². The molecule has 0 radical (unpaired) electrons. The summed E-state index contributed by atoms with van der Waals surface area (Å²) in [6, 6.07) is 9.00. The molecule has 0 fully saturated rings. The molecule has 242 valence electrons. The molecule has 0 aliphatic rings. The van der Waals surface area contributed by atoms with Crippen molar-refractivity contribution in [1.82, 2.24) is 0 Å². The Balaban J connectivity index is 1.98. The van der Waals surface area contributed by atoms with Crippen LogP contribution >= 0.6 is 7.28 Å². The monoisotopic (exact) mass is 595 g/mol. The summed E-state index contributed by atoms with van der Waals surface area (Å²) in [5, 5.41) is 0. The minimum atomic E-state index is -4.41. The van der Waals surface area contributed by atoms with Gasteiger partial charge in [0.15, 0.2) is 0 Å². The first-order chi connectivity index (χ1) is 19.4. The van der Waals surface area contributed by atoms with Gasteiger partial charge in [-0.25, -0.2) is 0 Å². The fourth-order valence-corrected chi connectivity index (χ4v) is 8.24. The van der Waals surface area contributed by atoms with Gasteiger partial charge < -0.3 is 0 Å². The third-order valence-corrected chi connectivity index (χ3v) is 11.5. The minimum Gasteiger partial charge on any atom is -0.0620 e. The topological polar surface area (TPSA) is 60.7 Å². The van der Waals surface area contributed by atoms with E-state index in [2.05, 4.69) is 58.9 Å². The van der Waals surface area contributed by atoms with Crippen molar-refractivity contribution in [3.05, 3.63) is 35.4 Å². The van der Waals surface area contributed by atoms with Crippen molar-refractivity contribution >= 4 is 7.28 Å². The van der Waals surface area contributed by atoms with Gasteiger partial charge in [0.05, 0.1) is 0 Å². The van der Waals surface area contributed by atoms with E-state index in [1.54, 1.807) is 0 Å². The van der Waals surface area contributed by atoms with Crippen LogP contribution in [0.25, 0.3) is 0 Å². The predicted molar refractivity (Wildman–Crippen MR) is 184 cm³/mol. The Morgan fingerprint density at radius 3 is 1.34 bits per heavy atom. The van der Waals surface area contributed by atoms with Crippen molar-refractivity contribution in [3.8, 4) is 0 Å². The van der Waals surface area contributed by atoms with Crippen LogP contribution in [0.2, 0.25) is 0 Å². The summed E-state index contributed by atoms with van der Waals surface area (Å²) in [6.07, 6.45) is 27.1. The Morgan fingerprint density at radius 2 is 0.927 bits per heavy atom. The molecule has 0 amide bonds. The average molecular weight is 595 g/mol. The molecule has 0 aliphatic carbocycles. The van der Waals surface area contributed by atoms with E-state index in [1.807, 2.05) is 0 Å².